The highest BCUT2D eigenvalue weighted by Crippen LogP contribution is 2.32. The van der Waals surface area contributed by atoms with Crippen molar-refractivity contribution in [2.75, 3.05) is 33.0 Å². The Kier molecular flexibility index (Phi) is 5.96. The van der Waals surface area contributed by atoms with E-state index in [-0.39, 0.29) is 12.7 Å². The number of halogens is 1. The molecule has 0 bridgehead atoms. The first-order valence-corrected chi connectivity index (χ1v) is 11.0. The molecule has 1 fully saturated rings. The van der Waals surface area contributed by atoms with Crippen molar-refractivity contribution in [3.8, 4) is 22.9 Å². The van der Waals surface area contributed by atoms with Crippen LogP contribution in [0.15, 0.2) is 47.0 Å². The molecule has 2 aliphatic rings. The van der Waals surface area contributed by atoms with E-state index < -0.39 is 0 Å². The Morgan fingerprint density at radius 1 is 1.00 bits per heavy atom. The van der Waals surface area contributed by atoms with E-state index in [2.05, 4.69) is 21.1 Å². The lowest BCUT2D eigenvalue weighted by Gasteiger charge is -2.34. The van der Waals surface area contributed by atoms with E-state index in [1.807, 2.05) is 29.2 Å². The number of hydrogen-bond donors (Lipinski definition) is 0. The van der Waals surface area contributed by atoms with Gasteiger partial charge < -0.3 is 18.9 Å². The van der Waals surface area contributed by atoms with Crippen LogP contribution >= 0.6 is 11.6 Å². The molecule has 0 spiro atoms. The summed E-state index contributed by atoms with van der Waals surface area (Å²) in [6, 6.07) is 13.3. The Morgan fingerprint density at radius 2 is 1.78 bits per heavy atom. The number of aromatic nitrogens is 2. The van der Waals surface area contributed by atoms with Crippen LogP contribution in [0.5, 0.6) is 11.5 Å². The minimum Gasteiger partial charge on any atom is -0.454 e. The molecule has 3 aromatic rings. The quantitative estimate of drug-likeness (QED) is 0.564. The van der Waals surface area contributed by atoms with Crippen LogP contribution in [0, 0.1) is 0 Å². The molecule has 0 radical (unpaired) electrons. The summed E-state index contributed by atoms with van der Waals surface area (Å²) in [6.07, 6.45) is 0.779. The molecule has 0 saturated carbocycles. The number of fused-ring (bicyclic) bond motifs is 1. The van der Waals surface area contributed by atoms with Crippen LogP contribution in [0.4, 0.5) is 0 Å². The highest BCUT2D eigenvalue weighted by atomic mass is 35.5. The fourth-order valence-corrected chi connectivity index (χ4v) is 4.02. The maximum Gasteiger partial charge on any atom is 0.231 e. The molecular weight excluding hydrogens is 432 g/mol. The zero-order chi connectivity index (χ0) is 21.9. The van der Waals surface area contributed by atoms with Crippen LogP contribution in [0.3, 0.4) is 0 Å². The Hall–Kier alpha value is -3.10. The second-order valence-corrected chi connectivity index (χ2v) is 8.30. The van der Waals surface area contributed by atoms with Crippen molar-refractivity contribution in [1.82, 2.24) is 19.9 Å². The number of benzene rings is 2. The summed E-state index contributed by atoms with van der Waals surface area (Å²) in [5.74, 6) is 2.67. The number of piperazine rings is 1. The van der Waals surface area contributed by atoms with Crippen molar-refractivity contribution in [2.45, 2.75) is 19.4 Å². The molecule has 3 heterocycles. The number of nitrogens with zero attached hydrogens (tertiary/aromatic N) is 4. The molecule has 2 aromatic carbocycles. The molecule has 1 aromatic heterocycles. The smallest absolute Gasteiger partial charge is 0.231 e. The molecule has 1 saturated heterocycles. The van der Waals surface area contributed by atoms with Gasteiger partial charge in [-0.15, -0.1) is 0 Å². The van der Waals surface area contributed by atoms with Crippen LogP contribution in [-0.2, 0) is 17.8 Å². The summed E-state index contributed by atoms with van der Waals surface area (Å²) < 4.78 is 16.1. The molecule has 0 atom stereocenters. The number of rotatable bonds is 6. The largest absolute Gasteiger partial charge is 0.454 e. The van der Waals surface area contributed by atoms with Crippen LogP contribution in [0.2, 0.25) is 5.02 Å². The van der Waals surface area contributed by atoms with Gasteiger partial charge in [-0.1, -0.05) is 22.8 Å². The van der Waals surface area contributed by atoms with Gasteiger partial charge >= 0.3 is 0 Å². The molecule has 166 valence electrons. The molecular formula is C23H23ClN4O4. The number of aryl methyl sites for hydroxylation is 1. The molecule has 2 aliphatic heterocycles. The summed E-state index contributed by atoms with van der Waals surface area (Å²) in [4.78, 5) is 21.3. The van der Waals surface area contributed by atoms with Crippen LogP contribution in [-0.4, -0.2) is 58.8 Å². The molecule has 0 N–H and O–H groups in total. The number of amides is 1. The van der Waals surface area contributed by atoms with E-state index in [1.165, 1.54) is 5.56 Å². The fourth-order valence-electron chi connectivity index (χ4n) is 3.90. The number of hydrogen-bond acceptors (Lipinski definition) is 7. The van der Waals surface area contributed by atoms with E-state index in [0.29, 0.717) is 42.7 Å². The van der Waals surface area contributed by atoms with Gasteiger partial charge in [0.1, 0.15) is 0 Å². The minimum absolute atomic E-state index is 0.110. The molecule has 0 aliphatic carbocycles. The third-order valence-electron chi connectivity index (χ3n) is 5.69. The lowest BCUT2D eigenvalue weighted by atomic mass is 10.1. The highest BCUT2D eigenvalue weighted by Gasteiger charge is 2.22. The van der Waals surface area contributed by atoms with Gasteiger partial charge in [-0.25, -0.2) is 0 Å². The van der Waals surface area contributed by atoms with Crippen molar-refractivity contribution in [1.29, 1.82) is 0 Å². The first kappa shape index (κ1) is 20.8. The third-order valence-corrected chi connectivity index (χ3v) is 5.94. The molecule has 8 nitrogen and oxygen atoms in total. The number of carbonyl (C=O) groups excluding carboxylic acids is 1. The maximum absolute atomic E-state index is 12.7. The average molecular weight is 455 g/mol. The van der Waals surface area contributed by atoms with Gasteiger partial charge in [0.05, 0.1) is 0 Å². The van der Waals surface area contributed by atoms with Gasteiger partial charge in [0.2, 0.25) is 24.4 Å². The standard InChI is InChI=1S/C23H23ClN4O4/c24-18-4-2-17(3-5-18)23-25-21(32-26-23)7-8-22(29)28-11-9-27(10-12-28)14-16-1-6-19-20(13-16)31-15-30-19/h1-6,13H,7-12,14-15H2. The molecule has 5 rings (SSSR count). The van der Waals surface area contributed by atoms with Crippen LogP contribution < -0.4 is 9.47 Å². The van der Waals surface area contributed by atoms with Gasteiger partial charge in [-0.05, 0) is 42.0 Å². The second-order valence-electron chi connectivity index (χ2n) is 7.86. The monoisotopic (exact) mass is 454 g/mol. The van der Waals surface area contributed by atoms with Crippen molar-refractivity contribution < 1.29 is 18.8 Å². The number of carbonyl (C=O) groups is 1. The number of ether oxygens (including phenoxy) is 2. The zero-order valence-corrected chi connectivity index (χ0v) is 18.3. The first-order valence-electron chi connectivity index (χ1n) is 10.6. The molecule has 9 heteroatoms. The highest BCUT2D eigenvalue weighted by molar-refractivity contribution is 6.30. The van der Waals surface area contributed by atoms with Crippen LogP contribution in [0.1, 0.15) is 17.9 Å². The lowest BCUT2D eigenvalue weighted by molar-refractivity contribution is -0.133. The van der Waals surface area contributed by atoms with E-state index >= 15 is 0 Å². The molecule has 1 amide bonds. The Morgan fingerprint density at radius 3 is 2.59 bits per heavy atom. The van der Waals surface area contributed by atoms with E-state index in [4.69, 9.17) is 25.6 Å². The summed E-state index contributed by atoms with van der Waals surface area (Å²) in [5, 5.41) is 4.65. The van der Waals surface area contributed by atoms with Gasteiger partial charge in [0.25, 0.3) is 0 Å². The fraction of sp³-hybridized carbons (Fsp3) is 0.348. The molecule has 32 heavy (non-hydrogen) atoms. The minimum atomic E-state index is 0.110. The topological polar surface area (TPSA) is 80.9 Å². The maximum atomic E-state index is 12.7. The first-order chi connectivity index (χ1) is 15.6. The predicted molar refractivity (Wildman–Crippen MR) is 117 cm³/mol. The molecule has 0 unspecified atom stereocenters. The Bertz CT molecular complexity index is 1090. The SMILES string of the molecule is O=C(CCc1nc(-c2ccc(Cl)cc2)no1)N1CCN(Cc2ccc3c(c2)OCO3)CC1. The summed E-state index contributed by atoms with van der Waals surface area (Å²) in [7, 11) is 0. The van der Waals surface area contributed by atoms with Crippen molar-refractivity contribution in [2.24, 2.45) is 0 Å². The van der Waals surface area contributed by atoms with Crippen molar-refractivity contribution >= 4 is 17.5 Å². The summed E-state index contributed by atoms with van der Waals surface area (Å²) in [6.45, 7) is 4.20. The normalized spacial score (nSPS) is 15.8. The van der Waals surface area contributed by atoms with Gasteiger partial charge in [0, 0.05) is 56.2 Å². The lowest BCUT2D eigenvalue weighted by Crippen LogP contribution is -2.48. The summed E-state index contributed by atoms with van der Waals surface area (Å²) >= 11 is 5.91. The van der Waals surface area contributed by atoms with Crippen LogP contribution in [0.25, 0.3) is 11.4 Å². The predicted octanol–water partition coefficient (Wildman–Crippen LogP) is 3.40. The van der Waals surface area contributed by atoms with E-state index in [9.17, 15) is 4.79 Å². The Balaban J connectivity index is 1.08. The van der Waals surface area contributed by atoms with E-state index in [1.54, 1.807) is 12.1 Å². The summed E-state index contributed by atoms with van der Waals surface area (Å²) in [5.41, 5.74) is 2.01. The third kappa shape index (κ3) is 4.71. The van der Waals surface area contributed by atoms with Gasteiger partial charge in [0.15, 0.2) is 11.5 Å². The Labute approximate surface area is 190 Å². The van der Waals surface area contributed by atoms with Crippen molar-refractivity contribution in [3.05, 3.63) is 58.9 Å². The van der Waals surface area contributed by atoms with E-state index in [0.717, 1.165) is 36.7 Å². The van der Waals surface area contributed by atoms with Gasteiger partial charge in [-0.3, -0.25) is 9.69 Å². The van der Waals surface area contributed by atoms with Gasteiger partial charge in [-0.2, -0.15) is 4.98 Å². The average Bonchev–Trinajstić information content (AvgIpc) is 3.48. The zero-order valence-electron chi connectivity index (χ0n) is 17.5. The second kappa shape index (κ2) is 9.18. The van der Waals surface area contributed by atoms with Crippen molar-refractivity contribution in [3.63, 3.8) is 0 Å².